The van der Waals surface area contributed by atoms with Crippen LogP contribution in [0, 0.1) is 12.8 Å². The summed E-state index contributed by atoms with van der Waals surface area (Å²) in [7, 11) is 0. The molecule has 1 unspecified atom stereocenters. The lowest BCUT2D eigenvalue weighted by molar-refractivity contribution is -0.117. The third-order valence-corrected chi connectivity index (χ3v) is 6.28. The Balaban J connectivity index is 1.48. The van der Waals surface area contributed by atoms with Crippen LogP contribution in [0.1, 0.15) is 41.8 Å². The summed E-state index contributed by atoms with van der Waals surface area (Å²) in [4.78, 5) is 29.8. The first-order valence-electron chi connectivity index (χ1n) is 10.3. The van der Waals surface area contributed by atoms with Gasteiger partial charge in [0.2, 0.25) is 0 Å². The number of nitrogens with zero attached hydrogens (tertiary/aromatic N) is 2. The van der Waals surface area contributed by atoms with Crippen LogP contribution in [0.3, 0.4) is 0 Å². The van der Waals surface area contributed by atoms with Crippen LogP contribution in [0.5, 0.6) is 0 Å². The van der Waals surface area contributed by atoms with Crippen LogP contribution in [-0.2, 0) is 4.79 Å². The second-order valence-corrected chi connectivity index (χ2v) is 8.29. The monoisotopic (exact) mass is 433 g/mol. The van der Waals surface area contributed by atoms with E-state index < -0.39 is 5.91 Å². The molecule has 2 heterocycles. The molecule has 0 bridgehead atoms. The zero-order chi connectivity index (χ0) is 21.5. The number of benzene rings is 1. The third kappa shape index (κ3) is 3.47. The molecule has 156 valence electrons. The molecule has 5 rings (SSSR count). The minimum absolute atomic E-state index is 0.0333. The number of halogens is 1. The van der Waals surface area contributed by atoms with E-state index in [9.17, 15) is 9.59 Å². The molecule has 3 aliphatic rings. The quantitative estimate of drug-likeness (QED) is 0.725. The van der Waals surface area contributed by atoms with Crippen molar-refractivity contribution in [1.29, 1.82) is 0 Å². The molecule has 0 saturated carbocycles. The van der Waals surface area contributed by atoms with Gasteiger partial charge < -0.3 is 9.84 Å². The highest BCUT2D eigenvalue weighted by Crippen LogP contribution is 2.38. The predicted molar refractivity (Wildman–Crippen MR) is 118 cm³/mol. The molecule has 1 N–H and O–H groups in total. The number of hydrogen-bond acceptors (Lipinski definition) is 4. The van der Waals surface area contributed by atoms with Crippen molar-refractivity contribution < 1.29 is 14.1 Å². The van der Waals surface area contributed by atoms with Gasteiger partial charge in [-0.3, -0.25) is 9.59 Å². The second-order valence-electron chi connectivity index (χ2n) is 7.89. The van der Waals surface area contributed by atoms with Crippen molar-refractivity contribution in [3.63, 3.8) is 0 Å². The molecular weight excluding hydrogens is 414 g/mol. The number of carbonyl (C=O) groups excluding carboxylic acids is 2. The minimum Gasteiger partial charge on any atom is -0.360 e. The van der Waals surface area contributed by atoms with Crippen molar-refractivity contribution in [2.24, 2.45) is 10.9 Å². The van der Waals surface area contributed by atoms with Gasteiger partial charge in [-0.2, -0.15) is 0 Å². The number of fused-ring (bicyclic) bond motifs is 2. The maximum absolute atomic E-state index is 13.1. The molecule has 2 aromatic rings. The standard InChI is InChI=1S/C24H20ClN3O3/c1-13-21(22(28-31-13)18-8-4-5-9-19(18)25)24(30)26-14-10-11-16-15-6-2-3-7-17(15)23(29)27-20(16)12-14/h4-5,8-12,16H,2-3,6-7H2,1H3,(H,27,29). The van der Waals surface area contributed by atoms with Crippen molar-refractivity contribution in [3.8, 4) is 11.3 Å². The van der Waals surface area contributed by atoms with Gasteiger partial charge in [-0.05, 0) is 56.4 Å². The molecule has 1 aromatic carbocycles. The fourth-order valence-corrected chi connectivity index (χ4v) is 4.68. The lowest BCUT2D eigenvalue weighted by Gasteiger charge is -2.33. The number of aromatic nitrogens is 1. The summed E-state index contributed by atoms with van der Waals surface area (Å²) >= 11 is 6.29. The van der Waals surface area contributed by atoms with Gasteiger partial charge in [0.05, 0.1) is 10.7 Å². The molecule has 2 aliphatic carbocycles. The first-order chi connectivity index (χ1) is 15.0. The van der Waals surface area contributed by atoms with E-state index in [0.29, 0.717) is 27.8 Å². The van der Waals surface area contributed by atoms with Crippen LogP contribution in [0.2, 0.25) is 5.02 Å². The van der Waals surface area contributed by atoms with Crippen LogP contribution in [0.25, 0.3) is 11.3 Å². The molecule has 1 aromatic heterocycles. The highest BCUT2D eigenvalue weighted by Gasteiger charge is 2.33. The fraction of sp³-hybridized carbons (Fsp3) is 0.250. The number of nitrogens with one attached hydrogen (secondary N) is 1. The summed E-state index contributed by atoms with van der Waals surface area (Å²) in [6.07, 6.45) is 9.53. The van der Waals surface area contributed by atoms with Gasteiger partial charge >= 0.3 is 0 Å². The fourth-order valence-electron chi connectivity index (χ4n) is 4.45. The molecule has 0 radical (unpaired) electrons. The summed E-state index contributed by atoms with van der Waals surface area (Å²) in [6, 6.07) is 7.14. The molecular formula is C24H20ClN3O3. The Kier molecular flexibility index (Phi) is 4.94. The third-order valence-electron chi connectivity index (χ3n) is 5.95. The second kappa shape index (κ2) is 7.78. The average Bonchev–Trinajstić information content (AvgIpc) is 3.15. The van der Waals surface area contributed by atoms with Crippen molar-refractivity contribution in [2.75, 3.05) is 0 Å². The summed E-state index contributed by atoms with van der Waals surface area (Å²) in [5, 5.41) is 7.49. The van der Waals surface area contributed by atoms with E-state index in [1.54, 1.807) is 25.1 Å². The lowest BCUT2D eigenvalue weighted by atomic mass is 9.77. The number of hydrogen-bond donors (Lipinski definition) is 1. The molecule has 1 aliphatic heterocycles. The van der Waals surface area contributed by atoms with Gasteiger partial charge in [0.15, 0.2) is 0 Å². The maximum Gasteiger partial charge on any atom is 0.283 e. The van der Waals surface area contributed by atoms with Crippen LogP contribution < -0.4 is 5.32 Å². The molecule has 2 amide bonds. The van der Waals surface area contributed by atoms with Gasteiger partial charge in [-0.25, -0.2) is 4.99 Å². The van der Waals surface area contributed by atoms with Crippen LogP contribution >= 0.6 is 11.6 Å². The van der Waals surface area contributed by atoms with Crippen molar-refractivity contribution in [1.82, 2.24) is 10.5 Å². The number of aliphatic imine (C=N–C) groups is 1. The smallest absolute Gasteiger partial charge is 0.283 e. The lowest BCUT2D eigenvalue weighted by Crippen LogP contribution is -2.37. The van der Waals surface area contributed by atoms with Crippen molar-refractivity contribution >= 4 is 29.1 Å². The Morgan fingerprint density at radius 3 is 2.90 bits per heavy atom. The molecule has 0 spiro atoms. The molecule has 7 heteroatoms. The van der Waals surface area contributed by atoms with Gasteiger partial charge in [0, 0.05) is 22.8 Å². The van der Waals surface area contributed by atoms with E-state index in [-0.39, 0.29) is 17.4 Å². The largest absolute Gasteiger partial charge is 0.360 e. The molecule has 0 saturated heterocycles. The van der Waals surface area contributed by atoms with E-state index in [4.69, 9.17) is 16.1 Å². The highest BCUT2D eigenvalue weighted by atomic mass is 35.5. The van der Waals surface area contributed by atoms with Crippen LogP contribution in [0.4, 0.5) is 0 Å². The van der Waals surface area contributed by atoms with E-state index >= 15 is 0 Å². The Bertz CT molecular complexity index is 1230. The summed E-state index contributed by atoms with van der Waals surface area (Å²) in [5.41, 5.74) is 4.61. The van der Waals surface area contributed by atoms with Gasteiger partial charge in [0.25, 0.3) is 11.8 Å². The summed E-state index contributed by atoms with van der Waals surface area (Å²) in [5.74, 6) is -0.0759. The van der Waals surface area contributed by atoms with E-state index in [0.717, 1.165) is 37.0 Å². The van der Waals surface area contributed by atoms with Crippen molar-refractivity contribution in [2.45, 2.75) is 32.6 Å². The summed E-state index contributed by atoms with van der Waals surface area (Å²) in [6.45, 7) is 1.67. The Hall–Kier alpha value is -3.25. The maximum atomic E-state index is 13.1. The van der Waals surface area contributed by atoms with Crippen LogP contribution in [-0.4, -0.2) is 22.7 Å². The topological polar surface area (TPSA) is 84.6 Å². The number of allylic oxidation sites excluding steroid dienone is 3. The molecule has 1 atom stereocenters. The van der Waals surface area contributed by atoms with E-state index in [2.05, 4.69) is 15.5 Å². The predicted octanol–water partition coefficient (Wildman–Crippen LogP) is 4.95. The Labute approximate surface area is 184 Å². The van der Waals surface area contributed by atoms with E-state index in [1.807, 2.05) is 24.3 Å². The van der Waals surface area contributed by atoms with Gasteiger partial charge in [-0.1, -0.05) is 41.0 Å². The first kappa shape index (κ1) is 19.7. The molecule has 6 nitrogen and oxygen atoms in total. The van der Waals surface area contributed by atoms with Gasteiger partial charge in [-0.15, -0.1) is 0 Å². The number of amides is 2. The zero-order valence-corrected chi connectivity index (χ0v) is 17.7. The number of rotatable bonds is 2. The van der Waals surface area contributed by atoms with Crippen LogP contribution in [0.15, 0.2) is 68.9 Å². The highest BCUT2D eigenvalue weighted by molar-refractivity contribution is 6.33. The van der Waals surface area contributed by atoms with Gasteiger partial charge in [0.1, 0.15) is 17.0 Å². The molecule has 31 heavy (non-hydrogen) atoms. The average molecular weight is 434 g/mol. The number of carbonyl (C=O) groups is 2. The Morgan fingerprint density at radius 2 is 2.06 bits per heavy atom. The molecule has 0 fully saturated rings. The summed E-state index contributed by atoms with van der Waals surface area (Å²) < 4.78 is 5.28. The van der Waals surface area contributed by atoms with E-state index in [1.165, 1.54) is 5.57 Å². The SMILES string of the molecule is Cc1onc(-c2ccccc2Cl)c1C(=O)N=C1C=CC2C(=C1)NC(=O)C1=C2CCCC1. The zero-order valence-electron chi connectivity index (χ0n) is 16.9. The first-order valence-corrected chi connectivity index (χ1v) is 10.7. The number of aryl methyl sites for hydroxylation is 1. The van der Waals surface area contributed by atoms with Crippen molar-refractivity contribution in [3.05, 3.63) is 75.7 Å². The minimum atomic E-state index is -0.469. The normalized spacial score (nSPS) is 21.5. The Morgan fingerprint density at radius 1 is 1.26 bits per heavy atom.